The largest absolute Gasteiger partial charge is 0.476 e. The van der Waals surface area contributed by atoms with Crippen molar-refractivity contribution in [3.8, 4) is 0 Å². The first-order valence-electron chi connectivity index (χ1n) is 4.98. The third kappa shape index (κ3) is 2.37. The summed E-state index contributed by atoms with van der Waals surface area (Å²) in [7, 11) is 1.86. The molecule has 0 aliphatic heterocycles. The van der Waals surface area contributed by atoms with E-state index in [4.69, 9.17) is 5.11 Å². The molecule has 1 N–H and O–H groups in total. The molecule has 0 fully saturated rings. The average Bonchev–Trinajstić information content (AvgIpc) is 2.89. The third-order valence-electron chi connectivity index (χ3n) is 2.48. The summed E-state index contributed by atoms with van der Waals surface area (Å²) in [5, 5.41) is 11.9. The molecule has 0 atom stereocenters. The number of aromatic nitrogens is 2. The number of aromatic carboxylic acids is 1. The van der Waals surface area contributed by atoms with Crippen LogP contribution < -0.4 is 0 Å². The molecule has 6 heteroatoms. The molecule has 0 spiro atoms. The molecule has 2 heterocycles. The van der Waals surface area contributed by atoms with Crippen molar-refractivity contribution in [2.45, 2.75) is 11.6 Å². The number of hydrogen-bond donors (Lipinski definition) is 1. The Morgan fingerprint density at radius 2 is 2.41 bits per heavy atom. The van der Waals surface area contributed by atoms with Gasteiger partial charge < -0.3 is 9.67 Å². The van der Waals surface area contributed by atoms with Crippen molar-refractivity contribution in [3.05, 3.63) is 33.8 Å². The molecule has 4 nitrogen and oxygen atoms in total. The van der Waals surface area contributed by atoms with Crippen molar-refractivity contribution in [1.82, 2.24) is 9.55 Å². The fourth-order valence-electron chi connectivity index (χ4n) is 1.64. The van der Waals surface area contributed by atoms with Crippen LogP contribution in [0.1, 0.15) is 21.1 Å². The van der Waals surface area contributed by atoms with E-state index in [1.165, 1.54) is 11.8 Å². The molecule has 0 saturated heterocycles. The second kappa shape index (κ2) is 4.93. The van der Waals surface area contributed by atoms with Gasteiger partial charge in [0, 0.05) is 18.3 Å². The first-order valence-corrected chi connectivity index (χ1v) is 7.09. The Kier molecular flexibility index (Phi) is 3.54. The second-order valence-electron chi connectivity index (χ2n) is 3.51. The van der Waals surface area contributed by atoms with E-state index in [1.54, 1.807) is 11.3 Å². The van der Waals surface area contributed by atoms with Gasteiger partial charge in [0.1, 0.15) is 0 Å². The van der Waals surface area contributed by atoms with E-state index < -0.39 is 5.97 Å². The van der Waals surface area contributed by atoms with Gasteiger partial charge in [-0.3, -0.25) is 0 Å². The maximum Gasteiger partial charge on any atom is 0.356 e. The van der Waals surface area contributed by atoms with Crippen LogP contribution in [0, 0.1) is 0 Å². The minimum absolute atomic E-state index is 0.158. The van der Waals surface area contributed by atoms with Crippen molar-refractivity contribution in [2.24, 2.45) is 7.05 Å². The van der Waals surface area contributed by atoms with Crippen LogP contribution in [0.25, 0.3) is 0 Å². The van der Waals surface area contributed by atoms with Gasteiger partial charge in [0.15, 0.2) is 10.9 Å². The highest BCUT2D eigenvalue weighted by atomic mass is 32.2. The van der Waals surface area contributed by atoms with Crippen molar-refractivity contribution < 1.29 is 9.90 Å². The van der Waals surface area contributed by atoms with Crippen LogP contribution in [0.2, 0.25) is 0 Å². The molecule has 0 saturated carbocycles. The Labute approximate surface area is 107 Å². The lowest BCUT2D eigenvalue weighted by atomic mass is 10.2. The summed E-state index contributed by atoms with van der Waals surface area (Å²) in [4.78, 5) is 16.4. The van der Waals surface area contributed by atoms with Gasteiger partial charge in [-0.2, -0.15) is 0 Å². The molecule has 90 valence electrons. The Morgan fingerprint density at radius 3 is 2.94 bits per heavy atom. The molecular formula is C11H12N2O2S2. The number of thioether (sulfide) groups is 1. The number of imidazole rings is 1. The van der Waals surface area contributed by atoms with Crippen LogP contribution in [0.4, 0.5) is 0 Å². The summed E-state index contributed by atoms with van der Waals surface area (Å²) in [5.41, 5.74) is 0.912. The molecule has 0 radical (unpaired) electrons. The standard InChI is InChI=1S/C11H12N2O2S2/c1-13-8(6-7-4-3-5-17-7)9(10(14)15)12-11(13)16-2/h3-5H,6H2,1-2H3,(H,14,15). The maximum atomic E-state index is 11.2. The topological polar surface area (TPSA) is 55.1 Å². The van der Waals surface area contributed by atoms with Gasteiger partial charge in [0.2, 0.25) is 0 Å². The van der Waals surface area contributed by atoms with Crippen LogP contribution in [-0.2, 0) is 13.5 Å². The quantitative estimate of drug-likeness (QED) is 0.866. The highest BCUT2D eigenvalue weighted by Crippen LogP contribution is 2.22. The molecule has 2 aromatic rings. The van der Waals surface area contributed by atoms with Crippen LogP contribution in [0.3, 0.4) is 0 Å². The summed E-state index contributed by atoms with van der Waals surface area (Å²) >= 11 is 3.08. The summed E-state index contributed by atoms with van der Waals surface area (Å²) in [6.45, 7) is 0. The van der Waals surface area contributed by atoms with Gasteiger partial charge in [-0.15, -0.1) is 11.3 Å². The summed E-state index contributed by atoms with van der Waals surface area (Å²) in [6.07, 6.45) is 2.51. The number of rotatable bonds is 4. The zero-order valence-corrected chi connectivity index (χ0v) is 11.1. The number of nitrogens with zero attached hydrogens (tertiary/aromatic N) is 2. The maximum absolute atomic E-state index is 11.2. The van der Waals surface area contributed by atoms with Crippen molar-refractivity contribution in [1.29, 1.82) is 0 Å². The van der Waals surface area contributed by atoms with Crippen molar-refractivity contribution >= 4 is 29.1 Å². The number of carboxylic acid groups (broad SMARTS) is 1. The van der Waals surface area contributed by atoms with Gasteiger partial charge in [0.25, 0.3) is 0 Å². The van der Waals surface area contributed by atoms with Gasteiger partial charge >= 0.3 is 5.97 Å². The zero-order valence-electron chi connectivity index (χ0n) is 9.51. The molecule has 2 aromatic heterocycles. The Morgan fingerprint density at radius 1 is 1.65 bits per heavy atom. The summed E-state index contributed by atoms with van der Waals surface area (Å²) in [6, 6.07) is 3.97. The van der Waals surface area contributed by atoms with E-state index in [0.717, 1.165) is 15.7 Å². The molecular weight excluding hydrogens is 256 g/mol. The molecule has 17 heavy (non-hydrogen) atoms. The summed E-state index contributed by atoms with van der Waals surface area (Å²) in [5.74, 6) is -0.965. The minimum Gasteiger partial charge on any atom is -0.476 e. The average molecular weight is 268 g/mol. The Hall–Kier alpha value is -1.27. The third-order valence-corrected chi connectivity index (χ3v) is 4.09. The lowest BCUT2D eigenvalue weighted by molar-refractivity contribution is 0.0689. The van der Waals surface area contributed by atoms with Gasteiger partial charge in [-0.25, -0.2) is 9.78 Å². The van der Waals surface area contributed by atoms with Gasteiger partial charge in [0.05, 0.1) is 5.69 Å². The summed E-state index contributed by atoms with van der Waals surface area (Å²) < 4.78 is 1.86. The smallest absolute Gasteiger partial charge is 0.356 e. The highest BCUT2D eigenvalue weighted by Gasteiger charge is 2.20. The predicted octanol–water partition coefficient (Wildman–Crippen LogP) is 2.49. The SMILES string of the molecule is CSc1nc(C(=O)O)c(Cc2cccs2)n1C. The number of hydrogen-bond acceptors (Lipinski definition) is 4. The molecule has 0 aliphatic carbocycles. The first kappa shape index (κ1) is 12.2. The number of carbonyl (C=O) groups is 1. The monoisotopic (exact) mass is 268 g/mol. The fraction of sp³-hybridized carbons (Fsp3) is 0.273. The first-order chi connectivity index (χ1) is 8.13. The van der Waals surface area contributed by atoms with Crippen molar-refractivity contribution in [2.75, 3.05) is 6.26 Å². The molecule has 0 amide bonds. The van der Waals surface area contributed by atoms with E-state index in [-0.39, 0.29) is 5.69 Å². The van der Waals surface area contributed by atoms with E-state index in [0.29, 0.717) is 6.42 Å². The van der Waals surface area contributed by atoms with Crippen LogP contribution in [0.15, 0.2) is 22.7 Å². The van der Waals surface area contributed by atoms with E-state index in [2.05, 4.69) is 4.98 Å². The minimum atomic E-state index is -0.965. The van der Waals surface area contributed by atoms with Crippen LogP contribution >= 0.6 is 23.1 Å². The fourth-order valence-corrected chi connectivity index (χ4v) is 2.92. The zero-order chi connectivity index (χ0) is 12.4. The predicted molar refractivity (Wildman–Crippen MR) is 69.1 cm³/mol. The number of carboxylic acids is 1. The molecule has 0 bridgehead atoms. The van der Waals surface area contributed by atoms with Crippen LogP contribution in [0.5, 0.6) is 0 Å². The van der Waals surface area contributed by atoms with Crippen LogP contribution in [-0.4, -0.2) is 26.9 Å². The highest BCUT2D eigenvalue weighted by molar-refractivity contribution is 7.98. The molecule has 0 aliphatic rings. The number of thiophene rings is 1. The molecule has 2 rings (SSSR count). The lowest BCUT2D eigenvalue weighted by Gasteiger charge is -2.03. The normalized spacial score (nSPS) is 10.7. The second-order valence-corrected chi connectivity index (χ2v) is 5.32. The Bertz CT molecular complexity index is 532. The molecule has 0 aromatic carbocycles. The molecule has 0 unspecified atom stereocenters. The van der Waals surface area contributed by atoms with E-state index in [9.17, 15) is 4.79 Å². The van der Waals surface area contributed by atoms with Crippen molar-refractivity contribution in [3.63, 3.8) is 0 Å². The van der Waals surface area contributed by atoms with E-state index >= 15 is 0 Å². The van der Waals surface area contributed by atoms with Gasteiger partial charge in [-0.1, -0.05) is 17.8 Å². The lowest BCUT2D eigenvalue weighted by Crippen LogP contribution is -2.05. The van der Waals surface area contributed by atoms with E-state index in [1.807, 2.05) is 35.4 Å². The van der Waals surface area contributed by atoms with Gasteiger partial charge in [-0.05, 0) is 17.7 Å². The Balaban J connectivity index is 2.43.